The fourth-order valence-corrected chi connectivity index (χ4v) is 10.5. The molecule has 2 saturated heterocycles. The third kappa shape index (κ3) is 13.0. The lowest BCUT2D eigenvalue weighted by molar-refractivity contribution is -0.162. The highest BCUT2D eigenvalue weighted by molar-refractivity contribution is 8.77. The monoisotopic (exact) mass is 908 g/mol. The van der Waals surface area contributed by atoms with E-state index in [1.807, 2.05) is 13.0 Å². The van der Waals surface area contributed by atoms with Gasteiger partial charge in [-0.15, -0.1) is 0 Å². The number of alkyl carbamates (subject to hydrolysis) is 1. The fourth-order valence-electron chi connectivity index (χ4n) is 7.43. The molecule has 4 bridgehead atoms. The van der Waals surface area contributed by atoms with Crippen molar-refractivity contribution < 1.29 is 48.0 Å². The number of methoxy groups -OCH3 is 2. The number of halogens is 1. The van der Waals surface area contributed by atoms with Crippen molar-refractivity contribution >= 4 is 62.8 Å². The first-order valence-corrected chi connectivity index (χ1v) is 23.1. The second-order valence-electron chi connectivity index (χ2n) is 16.7. The van der Waals surface area contributed by atoms with Crippen LogP contribution in [0.2, 0.25) is 5.02 Å². The summed E-state index contributed by atoms with van der Waals surface area (Å²) < 4.78 is 29.2. The van der Waals surface area contributed by atoms with Gasteiger partial charge >= 0.3 is 12.1 Å². The van der Waals surface area contributed by atoms with Crippen molar-refractivity contribution in [3.63, 3.8) is 0 Å². The third-order valence-corrected chi connectivity index (χ3v) is 15.4. The van der Waals surface area contributed by atoms with E-state index in [1.165, 1.54) is 24.0 Å². The number of nitrogens with zero attached hydrogens (tertiary/aromatic N) is 5. The molecule has 3 aliphatic rings. The minimum Gasteiger partial charge on any atom is -0.495 e. The van der Waals surface area contributed by atoms with Crippen LogP contribution in [0.25, 0.3) is 10.4 Å². The van der Waals surface area contributed by atoms with Gasteiger partial charge in [0.2, 0.25) is 11.8 Å². The summed E-state index contributed by atoms with van der Waals surface area (Å²) in [5.74, 6) is -0.711. The number of rotatable bonds is 15. The zero-order valence-electron chi connectivity index (χ0n) is 36.8. The maximum absolute atomic E-state index is 14.3. The van der Waals surface area contributed by atoms with E-state index in [2.05, 4.69) is 29.2 Å². The molecule has 0 radical (unpaired) electrons. The third-order valence-electron chi connectivity index (χ3n) is 11.5. The topological polar surface area (TPSA) is 205 Å². The molecule has 61 heavy (non-hydrogen) atoms. The number of carbonyl (C=O) groups excluding carboxylic acids is 4. The number of esters is 1. The molecule has 2 fully saturated rings. The van der Waals surface area contributed by atoms with Gasteiger partial charge in [0.25, 0.3) is 0 Å². The summed E-state index contributed by atoms with van der Waals surface area (Å²) in [4.78, 5) is 60.2. The lowest BCUT2D eigenvalue weighted by Crippen LogP contribution is -2.63. The summed E-state index contributed by atoms with van der Waals surface area (Å²) in [5.41, 5.74) is 7.47. The molecule has 0 spiro atoms. The molecule has 2 N–H and O–H groups in total. The zero-order chi connectivity index (χ0) is 45.3. The van der Waals surface area contributed by atoms with Crippen LogP contribution in [0.3, 0.4) is 0 Å². The quantitative estimate of drug-likeness (QED) is 0.0333. The van der Waals surface area contributed by atoms with Gasteiger partial charge in [0.1, 0.15) is 40.7 Å². The van der Waals surface area contributed by atoms with Crippen molar-refractivity contribution in [2.24, 2.45) is 11.0 Å². The summed E-state index contributed by atoms with van der Waals surface area (Å²) in [6, 6.07) is 2.58. The average Bonchev–Trinajstić information content (AvgIpc) is 3.91. The number of hydrogen-bond donors (Lipinski definition) is 2. The van der Waals surface area contributed by atoms with E-state index in [0.717, 1.165) is 29.7 Å². The molecular weight excluding hydrogens is 848 g/mol. The Morgan fingerprint density at radius 3 is 2.66 bits per heavy atom. The number of azide groups is 1. The number of hydrogen-bond acceptors (Lipinski definition) is 13. The second kappa shape index (κ2) is 21.6. The van der Waals surface area contributed by atoms with E-state index >= 15 is 0 Å². The number of benzene rings is 1. The maximum atomic E-state index is 14.3. The van der Waals surface area contributed by atoms with Crippen LogP contribution >= 0.6 is 33.2 Å². The number of allylic oxidation sites excluding steroid dienone is 3. The molecular formula is C42H61ClN6O10S2. The Balaban J connectivity index is 1.59. The van der Waals surface area contributed by atoms with Crippen molar-refractivity contribution in [1.82, 2.24) is 10.2 Å². The van der Waals surface area contributed by atoms with Crippen LogP contribution < -0.4 is 15.0 Å². The number of fused-ring (bicyclic) bond motifs is 5. The van der Waals surface area contributed by atoms with Crippen molar-refractivity contribution in [3.05, 3.63) is 57.0 Å². The van der Waals surface area contributed by atoms with Crippen molar-refractivity contribution in [1.29, 1.82) is 0 Å². The Morgan fingerprint density at radius 2 is 1.98 bits per heavy atom. The van der Waals surface area contributed by atoms with E-state index in [-0.39, 0.29) is 34.9 Å². The van der Waals surface area contributed by atoms with Crippen LogP contribution in [-0.4, -0.2) is 121 Å². The van der Waals surface area contributed by atoms with E-state index in [0.29, 0.717) is 30.8 Å². The Kier molecular flexibility index (Phi) is 17.7. The van der Waals surface area contributed by atoms with Crippen molar-refractivity contribution in [2.75, 3.05) is 45.5 Å². The Labute approximate surface area is 371 Å². The fraction of sp³-hybridized carbons (Fsp3) is 0.667. The Morgan fingerprint density at radius 1 is 1.26 bits per heavy atom. The summed E-state index contributed by atoms with van der Waals surface area (Å²) >= 11 is 6.80. The molecule has 0 aliphatic carbocycles. The summed E-state index contributed by atoms with van der Waals surface area (Å²) in [6.45, 7) is 11.6. The van der Waals surface area contributed by atoms with Gasteiger partial charge in [-0.1, -0.05) is 69.0 Å². The highest BCUT2D eigenvalue weighted by Crippen LogP contribution is 2.49. The molecule has 3 heterocycles. The lowest BCUT2D eigenvalue weighted by Gasteiger charge is -2.42. The number of amides is 3. The number of anilines is 1. The van der Waals surface area contributed by atoms with Crippen LogP contribution in [0, 0.1) is 5.92 Å². The molecule has 4 rings (SSSR count). The lowest BCUT2D eigenvalue weighted by atomic mass is 9.83. The first kappa shape index (κ1) is 50.0. The van der Waals surface area contributed by atoms with Crippen LogP contribution in [0.5, 0.6) is 5.75 Å². The summed E-state index contributed by atoms with van der Waals surface area (Å²) in [6.07, 6.45) is 3.31. The van der Waals surface area contributed by atoms with Gasteiger partial charge in [0.05, 0.1) is 25.3 Å². The van der Waals surface area contributed by atoms with Crippen LogP contribution in [0.4, 0.5) is 10.5 Å². The molecule has 3 amide bonds. The molecule has 16 nitrogen and oxygen atoms in total. The molecule has 1 aromatic carbocycles. The van der Waals surface area contributed by atoms with Gasteiger partial charge in [0, 0.05) is 61.9 Å². The van der Waals surface area contributed by atoms with E-state index in [9.17, 15) is 24.3 Å². The standard InChI is InChI=1S/C42H61ClN6O10S2/c1-25-14-13-15-32(56-10)42(54)24-31(57-39(53)46-42)26(2)37-41(6,59-37)33(23-35(51)49(8)29-21-28(20-25)22-30(55-9)36(29)43)58-38(52)27(3)48(7)34(50)16-17-40(4,5)61-60-19-12-11-18-45-47-44/h13-15,21-22,26-27,31-33,37,54H,11-12,16-20,23-24H2,1-10H3,(H,46,53)/b15-13+,25-14+/t26-,27+,31+,32-,33+,37+,41+,42+/m1/s1. The van der Waals surface area contributed by atoms with E-state index < -0.39 is 65.7 Å². The maximum Gasteiger partial charge on any atom is 0.409 e. The highest BCUT2D eigenvalue weighted by Gasteiger charge is 2.64. The Bertz CT molecular complexity index is 1880. The smallest absolute Gasteiger partial charge is 0.409 e. The molecule has 338 valence electrons. The van der Waals surface area contributed by atoms with Gasteiger partial charge in [-0.2, -0.15) is 0 Å². The van der Waals surface area contributed by atoms with E-state index in [4.69, 9.17) is 40.8 Å². The number of unbranched alkanes of at least 4 members (excludes halogenated alkanes) is 1. The normalized spacial score (nSPS) is 28.8. The number of aliphatic hydroxyl groups is 1. The molecule has 19 heteroatoms. The molecule has 0 aromatic heterocycles. The highest BCUT2D eigenvalue weighted by atomic mass is 35.5. The molecule has 0 saturated carbocycles. The number of carbonyl (C=O) groups is 4. The van der Waals surface area contributed by atoms with Gasteiger partial charge in [-0.25, -0.2) is 9.59 Å². The van der Waals surface area contributed by atoms with Crippen LogP contribution in [0.1, 0.15) is 85.6 Å². The number of epoxide rings is 1. The molecule has 0 unspecified atom stereocenters. The second-order valence-corrected chi connectivity index (χ2v) is 20.2. The molecule has 8 atom stereocenters. The first-order chi connectivity index (χ1) is 28.7. The van der Waals surface area contributed by atoms with Gasteiger partial charge in [-0.3, -0.25) is 14.9 Å². The van der Waals surface area contributed by atoms with Gasteiger partial charge in [0.15, 0.2) is 5.72 Å². The van der Waals surface area contributed by atoms with Crippen molar-refractivity contribution in [3.8, 4) is 5.75 Å². The predicted octanol–water partition coefficient (Wildman–Crippen LogP) is 7.55. The minimum absolute atomic E-state index is 0.0611. The van der Waals surface area contributed by atoms with Gasteiger partial charge in [-0.05, 0) is 83.5 Å². The first-order valence-electron chi connectivity index (χ1n) is 20.4. The minimum atomic E-state index is -1.84. The number of ether oxygens (including phenoxy) is 5. The summed E-state index contributed by atoms with van der Waals surface area (Å²) in [5, 5.41) is 18.1. The Hall–Kier alpha value is -3.64. The summed E-state index contributed by atoms with van der Waals surface area (Å²) in [7, 11) is 9.44. The van der Waals surface area contributed by atoms with Crippen LogP contribution in [0.15, 0.2) is 41.0 Å². The molecule has 3 aliphatic heterocycles. The van der Waals surface area contributed by atoms with Crippen LogP contribution in [-0.2, 0) is 39.8 Å². The van der Waals surface area contributed by atoms with Crippen molar-refractivity contribution in [2.45, 2.75) is 133 Å². The van der Waals surface area contributed by atoms with E-state index in [1.54, 1.807) is 80.7 Å². The molecule has 1 aromatic rings. The number of likely N-dealkylation sites (N-methyl/N-ethyl adjacent to an activating group) is 1. The largest absolute Gasteiger partial charge is 0.495 e. The zero-order valence-corrected chi connectivity index (χ0v) is 39.2. The predicted molar refractivity (Wildman–Crippen MR) is 238 cm³/mol. The number of nitrogens with one attached hydrogen (secondary N) is 1. The average molecular weight is 910 g/mol. The SMILES string of the molecule is COc1cc2cc(c1Cl)N(C)C(=O)C[C@H](OC(=O)[C@H](C)N(C)C(=O)CCC(C)(C)SSCCCCN=[N+]=[N-])[C@]1(C)O[C@H]1[C@H](C)[C@@H]1C[C@@](O)(NC(=O)O1)[C@H](OC)/C=C/C=C(\C)C2. The van der Waals surface area contributed by atoms with Gasteiger partial charge < -0.3 is 38.6 Å².